The summed E-state index contributed by atoms with van der Waals surface area (Å²) in [5.41, 5.74) is 5.01. The number of hydrogen-bond donors (Lipinski definition) is 0. The maximum atomic E-state index is 13.1. The van der Waals surface area contributed by atoms with Gasteiger partial charge in [-0.2, -0.15) is 0 Å². The van der Waals surface area contributed by atoms with Crippen LogP contribution in [0, 0.1) is 0 Å². The van der Waals surface area contributed by atoms with Crippen molar-refractivity contribution in [3.8, 4) is 11.5 Å². The van der Waals surface area contributed by atoms with Crippen molar-refractivity contribution in [3.63, 3.8) is 0 Å². The lowest BCUT2D eigenvalue weighted by Gasteiger charge is -2.17. The summed E-state index contributed by atoms with van der Waals surface area (Å²) in [6, 6.07) is 23.2. The van der Waals surface area contributed by atoms with Gasteiger partial charge in [-0.15, -0.1) is 0 Å². The second kappa shape index (κ2) is 9.40. The molecule has 1 aliphatic rings. The fourth-order valence-corrected chi connectivity index (χ4v) is 3.70. The molecule has 4 rings (SSSR count). The molecule has 0 aromatic heterocycles. The highest BCUT2D eigenvalue weighted by molar-refractivity contribution is 6.16. The van der Waals surface area contributed by atoms with Crippen molar-refractivity contribution in [1.82, 2.24) is 0 Å². The first-order chi connectivity index (χ1) is 15.6. The van der Waals surface area contributed by atoms with Gasteiger partial charge in [0.15, 0.2) is 5.78 Å². The molecule has 0 fully saturated rings. The van der Waals surface area contributed by atoms with Gasteiger partial charge in [-0.25, -0.2) is 0 Å². The number of allylic oxidation sites excluding steroid dienone is 4. The summed E-state index contributed by atoms with van der Waals surface area (Å²) in [5.74, 6) is 2.22. The summed E-state index contributed by atoms with van der Waals surface area (Å²) >= 11 is 0. The van der Waals surface area contributed by atoms with Gasteiger partial charge < -0.3 is 14.2 Å². The Morgan fingerprint density at radius 3 is 1.72 bits per heavy atom. The van der Waals surface area contributed by atoms with Crippen LogP contribution < -0.4 is 9.47 Å². The van der Waals surface area contributed by atoms with E-state index in [1.165, 1.54) is 0 Å². The molecule has 4 nitrogen and oxygen atoms in total. The molecule has 160 valence electrons. The van der Waals surface area contributed by atoms with E-state index in [2.05, 4.69) is 0 Å². The number of Topliss-reactive ketones (excluding diaryl/α,β-unsaturated/α-hetero) is 1. The van der Waals surface area contributed by atoms with Crippen LogP contribution in [0.4, 0.5) is 0 Å². The summed E-state index contributed by atoms with van der Waals surface area (Å²) in [6.45, 7) is 0. The van der Waals surface area contributed by atoms with Crippen LogP contribution in [-0.4, -0.2) is 27.1 Å². The number of ketones is 1. The van der Waals surface area contributed by atoms with E-state index in [1.54, 1.807) is 27.4 Å². The normalized spacial score (nSPS) is 13.8. The van der Waals surface area contributed by atoms with E-state index in [1.807, 2.05) is 84.9 Å². The van der Waals surface area contributed by atoms with Gasteiger partial charge in [0.05, 0.1) is 21.3 Å². The van der Waals surface area contributed by atoms with Crippen LogP contribution in [0.2, 0.25) is 0 Å². The predicted octanol–water partition coefficient (Wildman–Crippen LogP) is 5.95. The van der Waals surface area contributed by atoms with Gasteiger partial charge in [0.2, 0.25) is 0 Å². The van der Waals surface area contributed by atoms with E-state index >= 15 is 0 Å². The second-order valence-corrected chi connectivity index (χ2v) is 7.25. The molecule has 0 N–H and O–H groups in total. The zero-order valence-electron chi connectivity index (χ0n) is 18.3. The van der Waals surface area contributed by atoms with Crippen LogP contribution in [0.15, 0.2) is 96.6 Å². The smallest absolute Gasteiger partial charge is 0.193 e. The number of benzene rings is 3. The Balaban J connectivity index is 1.80. The molecule has 0 amide bonds. The van der Waals surface area contributed by atoms with E-state index in [-0.39, 0.29) is 5.78 Å². The molecule has 0 bridgehead atoms. The van der Waals surface area contributed by atoms with Crippen molar-refractivity contribution in [2.45, 2.75) is 0 Å². The minimum atomic E-state index is -0.0264. The molecular weight excluding hydrogens is 400 g/mol. The zero-order chi connectivity index (χ0) is 22.5. The third-order valence-corrected chi connectivity index (χ3v) is 5.44. The standard InChI is InChI=1S/C28H24O4/c1-30-22-13-8-19(9-14-22)24(20-10-15-23(31-2)16-11-20)17-12-21-18-27(32-3)25-6-4-5-7-26(25)28(21)29/h4-18H,1-3H3/b21-12-. The summed E-state index contributed by atoms with van der Waals surface area (Å²) in [7, 11) is 4.91. The number of ether oxygens (including phenoxy) is 3. The molecule has 0 atom stereocenters. The molecule has 0 heterocycles. The lowest BCUT2D eigenvalue weighted by atomic mass is 9.90. The van der Waals surface area contributed by atoms with E-state index < -0.39 is 0 Å². The summed E-state index contributed by atoms with van der Waals surface area (Å²) in [5, 5.41) is 0. The van der Waals surface area contributed by atoms with Crippen molar-refractivity contribution >= 4 is 17.1 Å². The minimum Gasteiger partial charge on any atom is -0.497 e. The molecule has 1 aliphatic carbocycles. The topological polar surface area (TPSA) is 44.8 Å². The Labute approximate surface area is 188 Å². The van der Waals surface area contributed by atoms with Crippen molar-refractivity contribution in [2.24, 2.45) is 0 Å². The predicted molar refractivity (Wildman–Crippen MR) is 127 cm³/mol. The highest BCUT2D eigenvalue weighted by Crippen LogP contribution is 2.31. The number of rotatable bonds is 6. The number of hydrogen-bond acceptors (Lipinski definition) is 4. The summed E-state index contributed by atoms with van der Waals surface area (Å²) in [6.07, 6.45) is 5.61. The average Bonchev–Trinajstić information content (AvgIpc) is 2.86. The maximum Gasteiger partial charge on any atom is 0.193 e. The molecule has 0 radical (unpaired) electrons. The molecule has 0 unspecified atom stereocenters. The summed E-state index contributed by atoms with van der Waals surface area (Å²) in [4.78, 5) is 13.1. The zero-order valence-corrected chi connectivity index (χ0v) is 18.3. The van der Waals surface area contributed by atoms with Gasteiger partial charge in [-0.05, 0) is 47.0 Å². The quantitative estimate of drug-likeness (QED) is 0.459. The summed E-state index contributed by atoms with van der Waals surface area (Å²) < 4.78 is 16.1. The van der Waals surface area contributed by atoms with Crippen molar-refractivity contribution in [1.29, 1.82) is 0 Å². The van der Waals surface area contributed by atoms with E-state index in [4.69, 9.17) is 14.2 Å². The van der Waals surface area contributed by atoms with E-state index in [0.717, 1.165) is 33.8 Å². The highest BCUT2D eigenvalue weighted by Gasteiger charge is 2.22. The van der Waals surface area contributed by atoms with Gasteiger partial charge in [-0.1, -0.05) is 60.7 Å². The Hall–Kier alpha value is -4.05. The number of carbonyl (C=O) groups is 1. The van der Waals surface area contributed by atoms with Crippen LogP contribution in [0.3, 0.4) is 0 Å². The van der Waals surface area contributed by atoms with E-state index in [0.29, 0.717) is 16.9 Å². The molecule has 0 aliphatic heterocycles. The first-order valence-electron chi connectivity index (χ1n) is 10.2. The van der Waals surface area contributed by atoms with Crippen molar-refractivity contribution in [3.05, 3.63) is 119 Å². The van der Waals surface area contributed by atoms with E-state index in [9.17, 15) is 4.79 Å². The lowest BCUT2D eigenvalue weighted by molar-refractivity contribution is 0.103. The monoisotopic (exact) mass is 424 g/mol. The van der Waals surface area contributed by atoms with Gasteiger partial charge in [0.25, 0.3) is 0 Å². The van der Waals surface area contributed by atoms with Crippen LogP contribution in [-0.2, 0) is 4.74 Å². The van der Waals surface area contributed by atoms with Crippen LogP contribution in [0.1, 0.15) is 27.0 Å². The van der Waals surface area contributed by atoms with Gasteiger partial charge in [-0.3, -0.25) is 4.79 Å². The number of methoxy groups -OCH3 is 3. The maximum absolute atomic E-state index is 13.1. The molecule has 3 aromatic rings. The molecule has 0 saturated heterocycles. The molecule has 4 heteroatoms. The molecule has 0 spiro atoms. The first-order valence-corrected chi connectivity index (χ1v) is 10.2. The Bertz CT molecular complexity index is 1160. The Kier molecular flexibility index (Phi) is 6.22. The third kappa shape index (κ3) is 4.21. The highest BCUT2D eigenvalue weighted by atomic mass is 16.5. The molecular formula is C28H24O4. The van der Waals surface area contributed by atoms with Crippen molar-refractivity contribution < 1.29 is 19.0 Å². The molecule has 0 saturated carbocycles. The lowest BCUT2D eigenvalue weighted by Crippen LogP contribution is -2.11. The Morgan fingerprint density at radius 1 is 0.688 bits per heavy atom. The van der Waals surface area contributed by atoms with Gasteiger partial charge in [0, 0.05) is 16.7 Å². The fourth-order valence-electron chi connectivity index (χ4n) is 3.70. The van der Waals surface area contributed by atoms with Gasteiger partial charge >= 0.3 is 0 Å². The second-order valence-electron chi connectivity index (χ2n) is 7.25. The van der Waals surface area contributed by atoms with Crippen LogP contribution in [0.25, 0.3) is 11.3 Å². The number of carbonyl (C=O) groups excluding carboxylic acids is 1. The van der Waals surface area contributed by atoms with Crippen LogP contribution in [0.5, 0.6) is 11.5 Å². The molecule has 3 aromatic carbocycles. The average molecular weight is 424 g/mol. The third-order valence-electron chi connectivity index (χ3n) is 5.44. The van der Waals surface area contributed by atoms with Crippen molar-refractivity contribution in [2.75, 3.05) is 21.3 Å². The minimum absolute atomic E-state index is 0.0264. The SMILES string of the molecule is COC1=C/C(=C/C=C(c2ccc(OC)cc2)c2ccc(OC)cc2)C(=O)c2ccccc21. The van der Waals surface area contributed by atoms with Crippen LogP contribution >= 0.6 is 0 Å². The first kappa shape index (κ1) is 21.2. The number of fused-ring (bicyclic) bond motifs is 1. The van der Waals surface area contributed by atoms with Gasteiger partial charge in [0.1, 0.15) is 17.3 Å². The Morgan fingerprint density at radius 2 is 1.22 bits per heavy atom. The fraction of sp³-hybridized carbons (Fsp3) is 0.107. The molecule has 32 heavy (non-hydrogen) atoms. The largest absolute Gasteiger partial charge is 0.497 e.